The summed E-state index contributed by atoms with van der Waals surface area (Å²) < 4.78 is 22.9. The molecule has 2 fully saturated rings. The lowest BCUT2D eigenvalue weighted by molar-refractivity contribution is -0.126. The van der Waals surface area contributed by atoms with Crippen molar-refractivity contribution in [2.24, 2.45) is 0 Å². The number of carbonyl (C=O) groups excluding carboxylic acids is 1. The van der Waals surface area contributed by atoms with Crippen LogP contribution in [-0.2, 0) is 17.6 Å². The van der Waals surface area contributed by atoms with Crippen molar-refractivity contribution in [2.75, 3.05) is 44.7 Å². The van der Waals surface area contributed by atoms with Crippen molar-refractivity contribution in [3.8, 4) is 17.1 Å². The molecule has 2 unspecified atom stereocenters. The molecule has 0 spiro atoms. The first-order valence-electron chi connectivity index (χ1n) is 14.7. The van der Waals surface area contributed by atoms with Crippen molar-refractivity contribution in [2.45, 2.75) is 57.5 Å². The Balaban J connectivity index is 1.46. The van der Waals surface area contributed by atoms with Gasteiger partial charge in [-0.05, 0) is 87.9 Å². The van der Waals surface area contributed by atoms with Crippen molar-refractivity contribution in [1.29, 1.82) is 0 Å². The normalized spacial score (nSPS) is 21.3. The number of likely N-dealkylation sites (tertiary alicyclic amines) is 1. The number of rotatable bonds is 6. The molecule has 2 aromatic carbocycles. The van der Waals surface area contributed by atoms with E-state index in [1.54, 1.807) is 11.0 Å². The van der Waals surface area contributed by atoms with Crippen LogP contribution in [0.25, 0.3) is 22.0 Å². The molecule has 3 aliphatic rings. The second-order valence-corrected chi connectivity index (χ2v) is 11.9. The Kier molecular flexibility index (Phi) is 7.88. The molecule has 2 atom stereocenters. The summed E-state index contributed by atoms with van der Waals surface area (Å²) >= 11 is 6.90. The van der Waals surface area contributed by atoms with Gasteiger partial charge in [0.15, 0.2) is 5.82 Å². The second-order valence-electron chi connectivity index (χ2n) is 11.5. The number of likely N-dealkylation sites (N-methyl/N-ethyl adjacent to an activating group) is 1. The van der Waals surface area contributed by atoms with Crippen LogP contribution in [0.3, 0.4) is 0 Å². The van der Waals surface area contributed by atoms with E-state index in [-0.39, 0.29) is 29.5 Å². The highest BCUT2D eigenvalue weighted by Gasteiger charge is 2.31. The summed E-state index contributed by atoms with van der Waals surface area (Å²) in [5, 5.41) is 0.884. The number of aromatic nitrogens is 2. The highest BCUT2D eigenvalue weighted by atomic mass is 35.5. The number of ether oxygens (including phenoxy) is 1. The van der Waals surface area contributed by atoms with E-state index in [1.165, 1.54) is 17.2 Å². The van der Waals surface area contributed by atoms with Crippen molar-refractivity contribution in [1.82, 2.24) is 19.8 Å². The number of hydrogen-bond acceptors (Lipinski definition) is 6. The minimum atomic E-state index is -0.453. The van der Waals surface area contributed by atoms with E-state index in [2.05, 4.69) is 34.5 Å². The van der Waals surface area contributed by atoms with Crippen molar-refractivity contribution in [3.63, 3.8) is 0 Å². The van der Waals surface area contributed by atoms with Gasteiger partial charge < -0.3 is 19.4 Å². The highest BCUT2D eigenvalue weighted by molar-refractivity contribution is 6.34. The summed E-state index contributed by atoms with van der Waals surface area (Å²) in [6, 6.07) is 8.25. The van der Waals surface area contributed by atoms with Crippen LogP contribution < -0.4 is 9.64 Å². The monoisotopic (exact) mass is 577 g/mol. The molecular weight excluding hydrogens is 541 g/mol. The van der Waals surface area contributed by atoms with Crippen molar-refractivity contribution >= 4 is 34.2 Å². The number of fused-ring (bicyclic) bond motifs is 2. The largest absolute Gasteiger partial charge is 0.462 e. The zero-order chi connectivity index (χ0) is 28.7. The van der Waals surface area contributed by atoms with Gasteiger partial charge in [-0.15, -0.1) is 0 Å². The minimum absolute atomic E-state index is 0.0674. The molecule has 9 heteroatoms. The Morgan fingerprint density at radius 1 is 1.20 bits per heavy atom. The summed E-state index contributed by atoms with van der Waals surface area (Å²) in [6.45, 7) is 8.67. The molecule has 0 N–H and O–H groups in total. The Morgan fingerprint density at radius 3 is 2.78 bits per heavy atom. The smallest absolute Gasteiger partial charge is 0.319 e. The summed E-state index contributed by atoms with van der Waals surface area (Å²) in [5.41, 5.74) is 3.86. The summed E-state index contributed by atoms with van der Waals surface area (Å²) in [5.74, 6) is 0.0233. The number of carbonyl (C=O) groups is 1. The predicted octanol–water partition coefficient (Wildman–Crippen LogP) is 5.66. The van der Waals surface area contributed by atoms with Crippen molar-refractivity contribution < 1.29 is 13.9 Å². The molecule has 0 saturated carbocycles. The third-order valence-electron chi connectivity index (χ3n) is 8.97. The van der Waals surface area contributed by atoms with Crippen LogP contribution in [0.5, 0.6) is 6.01 Å². The van der Waals surface area contributed by atoms with Gasteiger partial charge in [-0.2, -0.15) is 9.97 Å². The molecule has 7 nitrogen and oxygen atoms in total. The zero-order valence-corrected chi connectivity index (χ0v) is 24.6. The molecule has 1 aromatic heterocycles. The molecule has 0 bridgehead atoms. The van der Waals surface area contributed by atoms with E-state index in [1.807, 2.05) is 19.1 Å². The van der Waals surface area contributed by atoms with Gasteiger partial charge in [0.2, 0.25) is 5.91 Å². The van der Waals surface area contributed by atoms with Crippen LogP contribution in [0, 0.1) is 5.82 Å². The number of amides is 1. The molecule has 6 rings (SSSR count). The van der Waals surface area contributed by atoms with Crippen LogP contribution in [0.15, 0.2) is 36.9 Å². The number of aryl methyl sites for hydroxylation is 1. The second kappa shape index (κ2) is 11.6. The fourth-order valence-electron chi connectivity index (χ4n) is 6.67. The van der Waals surface area contributed by atoms with Gasteiger partial charge in [0.05, 0.1) is 5.02 Å². The summed E-state index contributed by atoms with van der Waals surface area (Å²) in [4.78, 5) is 27.9. The maximum atomic E-state index is 16.7. The molecular formula is C32H37ClFN5O2. The number of piperazine rings is 1. The number of hydrogen-bond donors (Lipinski definition) is 0. The van der Waals surface area contributed by atoms with Crippen LogP contribution in [0.4, 0.5) is 10.2 Å². The van der Waals surface area contributed by atoms with E-state index in [0.717, 1.165) is 50.6 Å². The number of anilines is 1. The summed E-state index contributed by atoms with van der Waals surface area (Å²) in [6.07, 6.45) is 7.62. The maximum absolute atomic E-state index is 16.7. The molecule has 2 aliphatic heterocycles. The van der Waals surface area contributed by atoms with Gasteiger partial charge in [0, 0.05) is 42.7 Å². The van der Waals surface area contributed by atoms with Crippen molar-refractivity contribution in [3.05, 3.63) is 58.9 Å². The average molecular weight is 578 g/mol. The standard InChI is InChI=1S/C32H37ClFN5O2/c1-4-27(40)38-15-16-39(20(2)18-38)31-25-17-26(33)28(24-13-7-10-21-9-5-6-12-23(21)24)29(34)30(25)35-32(36-31)41-19-22-11-8-14-37(22)3/h4,7,10,13,17,20,22H,1,5-6,8-9,11-12,14-16,18-19H2,2-3H3. The Labute approximate surface area is 245 Å². The highest BCUT2D eigenvalue weighted by Crippen LogP contribution is 2.42. The Hall–Kier alpha value is -3.23. The Morgan fingerprint density at radius 2 is 2.02 bits per heavy atom. The van der Waals surface area contributed by atoms with E-state index in [9.17, 15) is 4.79 Å². The molecule has 3 aromatic rings. The van der Waals surface area contributed by atoms with E-state index < -0.39 is 5.82 Å². The average Bonchev–Trinajstić information content (AvgIpc) is 3.40. The van der Waals surface area contributed by atoms with Gasteiger partial charge in [0.25, 0.3) is 0 Å². The zero-order valence-electron chi connectivity index (χ0n) is 23.8. The lowest BCUT2D eigenvalue weighted by Crippen LogP contribution is -2.53. The van der Waals surface area contributed by atoms with Gasteiger partial charge >= 0.3 is 6.01 Å². The number of benzene rings is 2. The number of halogens is 2. The van der Waals surface area contributed by atoms with Gasteiger partial charge in [-0.1, -0.05) is 36.4 Å². The van der Waals surface area contributed by atoms with E-state index >= 15 is 4.39 Å². The third kappa shape index (κ3) is 5.28. The first-order valence-corrected chi connectivity index (χ1v) is 15.1. The molecule has 3 heterocycles. The van der Waals surface area contributed by atoms with E-state index in [0.29, 0.717) is 48.0 Å². The summed E-state index contributed by atoms with van der Waals surface area (Å²) in [7, 11) is 2.09. The fourth-order valence-corrected chi connectivity index (χ4v) is 6.96. The fraction of sp³-hybridized carbons (Fsp3) is 0.469. The molecule has 0 radical (unpaired) electrons. The van der Waals surface area contributed by atoms with Crippen LogP contribution >= 0.6 is 11.6 Å². The lowest BCUT2D eigenvalue weighted by Gasteiger charge is -2.40. The van der Waals surface area contributed by atoms with Gasteiger partial charge in [-0.25, -0.2) is 4.39 Å². The lowest BCUT2D eigenvalue weighted by atomic mass is 9.85. The quantitative estimate of drug-likeness (QED) is 0.352. The first kappa shape index (κ1) is 27.9. The van der Waals surface area contributed by atoms with Gasteiger partial charge in [0.1, 0.15) is 17.9 Å². The van der Waals surface area contributed by atoms with Crippen LogP contribution in [-0.4, -0.2) is 77.6 Å². The molecule has 1 amide bonds. The SMILES string of the molecule is C=CC(=O)N1CCN(c2nc(OCC3CCCN3C)nc3c(F)c(-c4cccc5c4CCCC5)c(Cl)cc23)C(C)C1. The minimum Gasteiger partial charge on any atom is -0.462 e. The molecule has 2 saturated heterocycles. The topological polar surface area (TPSA) is 61.8 Å². The molecule has 41 heavy (non-hydrogen) atoms. The predicted molar refractivity (Wildman–Crippen MR) is 161 cm³/mol. The molecule has 216 valence electrons. The maximum Gasteiger partial charge on any atom is 0.319 e. The first-order chi connectivity index (χ1) is 19.9. The van der Waals surface area contributed by atoms with E-state index in [4.69, 9.17) is 21.3 Å². The third-order valence-corrected chi connectivity index (χ3v) is 9.27. The Bertz CT molecular complexity index is 1500. The van der Waals surface area contributed by atoms with Crippen LogP contribution in [0.1, 0.15) is 43.7 Å². The van der Waals surface area contributed by atoms with Gasteiger partial charge in [-0.3, -0.25) is 4.79 Å². The van der Waals surface area contributed by atoms with Crippen LogP contribution in [0.2, 0.25) is 5.02 Å². The molecule has 1 aliphatic carbocycles. The number of nitrogens with zero attached hydrogens (tertiary/aromatic N) is 5.